The highest BCUT2D eigenvalue weighted by molar-refractivity contribution is 7.91. The summed E-state index contributed by atoms with van der Waals surface area (Å²) in [5.74, 6) is -0.769. The first kappa shape index (κ1) is 19.3. The highest BCUT2D eigenvalue weighted by Crippen LogP contribution is 2.34. The minimum absolute atomic E-state index is 0.0292. The van der Waals surface area contributed by atoms with Crippen molar-refractivity contribution in [2.75, 3.05) is 6.54 Å². The average Bonchev–Trinajstić information content (AvgIpc) is 2.70. The number of nitrogens with two attached hydrogens (primary N) is 1. The smallest absolute Gasteiger partial charge is 0.251 e. The summed E-state index contributed by atoms with van der Waals surface area (Å²) < 4.78 is 25.9. The van der Waals surface area contributed by atoms with Gasteiger partial charge in [-0.25, -0.2) is 8.42 Å². The standard InChI is InChI=1S/C20H22N2O4S/c1-3-20(4-2,12-21)22-19(24)13-9-10-15-17(11-13)27(25,26)16-8-6-5-7-14(16)18(15)23/h5-11H,3-4,12,21H2,1-2H3,(H,22,24). The number of fused-ring (bicyclic) bond motifs is 2. The second kappa shape index (κ2) is 6.90. The van der Waals surface area contributed by atoms with Crippen LogP contribution in [0.4, 0.5) is 0 Å². The summed E-state index contributed by atoms with van der Waals surface area (Å²) in [6, 6.07) is 10.3. The van der Waals surface area contributed by atoms with Crippen LogP contribution in [0.1, 0.15) is 53.0 Å². The highest BCUT2D eigenvalue weighted by Gasteiger charge is 2.35. The fourth-order valence-corrected chi connectivity index (χ4v) is 4.98. The van der Waals surface area contributed by atoms with Crippen LogP contribution in [0.3, 0.4) is 0 Å². The molecule has 3 rings (SSSR count). The van der Waals surface area contributed by atoms with E-state index in [1.807, 2.05) is 13.8 Å². The number of sulfone groups is 1. The summed E-state index contributed by atoms with van der Waals surface area (Å²) in [5, 5.41) is 2.92. The SMILES string of the molecule is CCC(CC)(CN)NC(=O)c1ccc2c(c1)S(=O)(=O)c1ccccc1C2=O. The molecule has 6 nitrogen and oxygen atoms in total. The molecule has 27 heavy (non-hydrogen) atoms. The van der Waals surface area contributed by atoms with Crippen LogP contribution in [0, 0.1) is 0 Å². The first-order valence-corrected chi connectivity index (χ1v) is 10.3. The number of benzene rings is 2. The topological polar surface area (TPSA) is 106 Å². The normalized spacial score (nSPS) is 15.0. The van der Waals surface area contributed by atoms with Gasteiger partial charge in [0.25, 0.3) is 5.91 Å². The third-order valence-electron chi connectivity index (χ3n) is 5.32. The van der Waals surface area contributed by atoms with Crippen LogP contribution in [0.2, 0.25) is 0 Å². The third kappa shape index (κ3) is 3.07. The molecule has 0 atom stereocenters. The minimum Gasteiger partial charge on any atom is -0.345 e. The largest absolute Gasteiger partial charge is 0.345 e. The van der Waals surface area contributed by atoms with Gasteiger partial charge in [-0.1, -0.05) is 26.0 Å². The molecule has 1 amide bonds. The van der Waals surface area contributed by atoms with E-state index in [2.05, 4.69) is 5.32 Å². The summed E-state index contributed by atoms with van der Waals surface area (Å²) in [6.07, 6.45) is 1.31. The van der Waals surface area contributed by atoms with E-state index in [1.54, 1.807) is 12.1 Å². The molecule has 2 aromatic rings. The third-order valence-corrected chi connectivity index (χ3v) is 7.17. The average molecular weight is 386 g/mol. The quantitative estimate of drug-likeness (QED) is 0.700. The molecule has 0 unspecified atom stereocenters. The Hall–Kier alpha value is -2.51. The molecular weight excluding hydrogens is 364 g/mol. The van der Waals surface area contributed by atoms with Gasteiger partial charge in [0.1, 0.15) is 0 Å². The van der Waals surface area contributed by atoms with Crippen LogP contribution in [-0.4, -0.2) is 32.2 Å². The van der Waals surface area contributed by atoms with Crippen LogP contribution in [0.5, 0.6) is 0 Å². The van der Waals surface area contributed by atoms with Gasteiger partial charge in [0, 0.05) is 23.2 Å². The fraction of sp³-hybridized carbons (Fsp3) is 0.300. The lowest BCUT2D eigenvalue weighted by Gasteiger charge is -2.31. The maximum Gasteiger partial charge on any atom is 0.251 e. The Morgan fingerprint density at radius 2 is 1.67 bits per heavy atom. The molecular formula is C20H22N2O4S. The first-order chi connectivity index (χ1) is 12.8. The van der Waals surface area contributed by atoms with Crippen LogP contribution in [0.25, 0.3) is 0 Å². The molecule has 142 valence electrons. The predicted octanol–water partition coefficient (Wildman–Crippen LogP) is 2.31. The summed E-state index contributed by atoms with van der Waals surface area (Å²) in [5.41, 5.74) is 5.70. The molecule has 1 aliphatic heterocycles. The monoisotopic (exact) mass is 386 g/mol. The number of hydrogen-bond acceptors (Lipinski definition) is 5. The Bertz CT molecular complexity index is 1020. The summed E-state index contributed by atoms with van der Waals surface area (Å²) in [4.78, 5) is 25.2. The Kier molecular flexibility index (Phi) is 4.92. The van der Waals surface area contributed by atoms with E-state index >= 15 is 0 Å². The van der Waals surface area contributed by atoms with E-state index in [1.165, 1.54) is 30.3 Å². The number of nitrogens with one attached hydrogen (secondary N) is 1. The van der Waals surface area contributed by atoms with E-state index in [4.69, 9.17) is 5.73 Å². The van der Waals surface area contributed by atoms with Crippen molar-refractivity contribution < 1.29 is 18.0 Å². The van der Waals surface area contributed by atoms with Gasteiger partial charge in [0.15, 0.2) is 5.78 Å². The van der Waals surface area contributed by atoms with E-state index in [0.29, 0.717) is 12.8 Å². The van der Waals surface area contributed by atoms with Crippen LogP contribution < -0.4 is 11.1 Å². The Morgan fingerprint density at radius 1 is 1.04 bits per heavy atom. The maximum atomic E-state index is 13.0. The van der Waals surface area contributed by atoms with Crippen LogP contribution in [0.15, 0.2) is 52.3 Å². The second-order valence-corrected chi connectivity index (χ2v) is 8.57. The Balaban J connectivity index is 2.06. The Morgan fingerprint density at radius 3 is 2.30 bits per heavy atom. The summed E-state index contributed by atoms with van der Waals surface area (Å²) >= 11 is 0. The van der Waals surface area contributed by atoms with Crippen LogP contribution in [-0.2, 0) is 9.84 Å². The van der Waals surface area contributed by atoms with Gasteiger partial charge >= 0.3 is 0 Å². The molecule has 2 aromatic carbocycles. The van der Waals surface area contributed by atoms with Gasteiger partial charge in [-0.05, 0) is 43.2 Å². The van der Waals surface area contributed by atoms with Crippen molar-refractivity contribution in [1.82, 2.24) is 5.32 Å². The molecule has 1 heterocycles. The zero-order valence-corrected chi connectivity index (χ0v) is 16.1. The number of rotatable bonds is 5. The van der Waals surface area contributed by atoms with Gasteiger partial charge in [-0.3, -0.25) is 9.59 Å². The van der Waals surface area contributed by atoms with Crippen molar-refractivity contribution in [3.63, 3.8) is 0 Å². The molecule has 0 fully saturated rings. The number of amides is 1. The Labute approximate surface area is 158 Å². The van der Waals surface area contributed by atoms with Crippen molar-refractivity contribution in [1.29, 1.82) is 0 Å². The van der Waals surface area contributed by atoms with E-state index < -0.39 is 21.3 Å². The molecule has 0 saturated carbocycles. The van der Waals surface area contributed by atoms with E-state index in [-0.39, 0.29) is 38.8 Å². The van der Waals surface area contributed by atoms with Crippen molar-refractivity contribution >= 4 is 21.5 Å². The van der Waals surface area contributed by atoms with Gasteiger partial charge in [0.05, 0.1) is 15.3 Å². The molecule has 3 N–H and O–H groups in total. The number of hydrogen-bond donors (Lipinski definition) is 2. The van der Waals surface area contributed by atoms with Crippen LogP contribution >= 0.6 is 0 Å². The predicted molar refractivity (Wildman–Crippen MR) is 102 cm³/mol. The van der Waals surface area contributed by atoms with Gasteiger partial charge in [0.2, 0.25) is 9.84 Å². The molecule has 0 aromatic heterocycles. The minimum atomic E-state index is -3.88. The molecule has 0 spiro atoms. The maximum absolute atomic E-state index is 13.0. The number of carbonyl (C=O) groups excluding carboxylic acids is 2. The molecule has 0 saturated heterocycles. The highest BCUT2D eigenvalue weighted by atomic mass is 32.2. The first-order valence-electron chi connectivity index (χ1n) is 8.85. The molecule has 7 heteroatoms. The molecule has 0 aliphatic carbocycles. The zero-order valence-electron chi connectivity index (χ0n) is 15.3. The van der Waals surface area contributed by atoms with Gasteiger partial charge < -0.3 is 11.1 Å². The van der Waals surface area contributed by atoms with Crippen molar-refractivity contribution in [3.8, 4) is 0 Å². The molecule has 0 bridgehead atoms. The van der Waals surface area contributed by atoms with Gasteiger partial charge in [-0.2, -0.15) is 0 Å². The zero-order chi connectivity index (χ0) is 19.8. The lowest BCUT2D eigenvalue weighted by Crippen LogP contribution is -2.52. The lowest BCUT2D eigenvalue weighted by atomic mass is 9.92. The summed E-state index contributed by atoms with van der Waals surface area (Å²) in [6.45, 7) is 4.15. The number of carbonyl (C=O) groups is 2. The second-order valence-electron chi connectivity index (χ2n) is 6.69. The lowest BCUT2D eigenvalue weighted by molar-refractivity contribution is 0.0894. The molecule has 0 radical (unpaired) electrons. The van der Waals surface area contributed by atoms with E-state index in [9.17, 15) is 18.0 Å². The number of ketones is 1. The molecule has 1 aliphatic rings. The summed E-state index contributed by atoms with van der Waals surface area (Å²) in [7, 11) is -3.88. The van der Waals surface area contributed by atoms with Gasteiger partial charge in [-0.15, -0.1) is 0 Å². The van der Waals surface area contributed by atoms with E-state index in [0.717, 1.165) is 0 Å². The fourth-order valence-electron chi connectivity index (χ4n) is 3.31. The van der Waals surface area contributed by atoms with Crippen molar-refractivity contribution in [2.24, 2.45) is 5.73 Å². The van der Waals surface area contributed by atoms with Crippen molar-refractivity contribution in [3.05, 3.63) is 59.2 Å². The van der Waals surface area contributed by atoms with Crippen molar-refractivity contribution in [2.45, 2.75) is 42.0 Å².